The first-order valence-electron chi connectivity index (χ1n) is 7.35. The standard InChI is InChI=1S/C18H22ClNO/c1-3-20(17-6-4-5-14(2)13-17)12-11-18(21)15-7-9-16(19)10-8-15/h4-10,13,18,21H,3,11-12H2,1-2H3. The number of hydrogen-bond donors (Lipinski definition) is 1. The summed E-state index contributed by atoms with van der Waals surface area (Å²) < 4.78 is 0. The molecule has 0 aliphatic rings. The third kappa shape index (κ3) is 4.48. The Morgan fingerprint density at radius 1 is 1.14 bits per heavy atom. The van der Waals surface area contributed by atoms with E-state index in [0.717, 1.165) is 18.7 Å². The van der Waals surface area contributed by atoms with Gasteiger partial charge in [-0.3, -0.25) is 0 Å². The molecule has 0 fully saturated rings. The number of anilines is 1. The maximum atomic E-state index is 10.3. The Morgan fingerprint density at radius 3 is 2.48 bits per heavy atom. The van der Waals surface area contributed by atoms with Crippen molar-refractivity contribution in [2.24, 2.45) is 0 Å². The molecule has 0 saturated heterocycles. The van der Waals surface area contributed by atoms with Crippen molar-refractivity contribution in [3.05, 3.63) is 64.7 Å². The van der Waals surface area contributed by atoms with Crippen molar-refractivity contribution in [2.45, 2.75) is 26.4 Å². The quantitative estimate of drug-likeness (QED) is 0.843. The van der Waals surface area contributed by atoms with Gasteiger partial charge >= 0.3 is 0 Å². The van der Waals surface area contributed by atoms with Gasteiger partial charge in [0.15, 0.2) is 0 Å². The molecule has 1 unspecified atom stereocenters. The Labute approximate surface area is 132 Å². The molecule has 0 spiro atoms. The summed E-state index contributed by atoms with van der Waals surface area (Å²) in [5, 5.41) is 11.0. The lowest BCUT2D eigenvalue weighted by atomic mass is 10.1. The third-order valence-corrected chi connectivity index (χ3v) is 3.93. The van der Waals surface area contributed by atoms with E-state index >= 15 is 0 Å². The fraction of sp³-hybridized carbons (Fsp3) is 0.333. The molecule has 0 aliphatic carbocycles. The molecule has 21 heavy (non-hydrogen) atoms. The van der Waals surface area contributed by atoms with Crippen LogP contribution in [-0.2, 0) is 0 Å². The SMILES string of the molecule is CCN(CCC(O)c1ccc(Cl)cc1)c1cccc(C)c1. The van der Waals surface area contributed by atoms with Crippen LogP contribution in [0.25, 0.3) is 0 Å². The zero-order chi connectivity index (χ0) is 15.2. The predicted octanol–water partition coefficient (Wildman–Crippen LogP) is 4.60. The second-order valence-electron chi connectivity index (χ2n) is 5.27. The summed E-state index contributed by atoms with van der Waals surface area (Å²) in [4.78, 5) is 2.28. The molecule has 112 valence electrons. The van der Waals surface area contributed by atoms with Crippen molar-refractivity contribution >= 4 is 17.3 Å². The number of benzene rings is 2. The van der Waals surface area contributed by atoms with Gasteiger partial charge < -0.3 is 10.0 Å². The zero-order valence-electron chi connectivity index (χ0n) is 12.6. The highest BCUT2D eigenvalue weighted by atomic mass is 35.5. The van der Waals surface area contributed by atoms with Gasteiger partial charge in [0, 0.05) is 23.8 Å². The van der Waals surface area contributed by atoms with Crippen molar-refractivity contribution in [1.29, 1.82) is 0 Å². The van der Waals surface area contributed by atoms with Gasteiger partial charge in [-0.05, 0) is 55.7 Å². The van der Waals surface area contributed by atoms with E-state index in [1.54, 1.807) is 0 Å². The van der Waals surface area contributed by atoms with Gasteiger partial charge in [0.25, 0.3) is 0 Å². The van der Waals surface area contributed by atoms with Gasteiger partial charge in [-0.15, -0.1) is 0 Å². The van der Waals surface area contributed by atoms with Gasteiger partial charge in [0.05, 0.1) is 6.10 Å². The molecular formula is C18H22ClNO. The highest BCUT2D eigenvalue weighted by Gasteiger charge is 2.11. The molecule has 3 heteroatoms. The van der Waals surface area contributed by atoms with Crippen LogP contribution in [0.5, 0.6) is 0 Å². The largest absolute Gasteiger partial charge is 0.388 e. The average Bonchev–Trinajstić information content (AvgIpc) is 2.48. The molecule has 1 N–H and O–H groups in total. The lowest BCUT2D eigenvalue weighted by molar-refractivity contribution is 0.169. The molecule has 2 aromatic carbocycles. The summed E-state index contributed by atoms with van der Waals surface area (Å²) in [6.45, 7) is 5.98. The summed E-state index contributed by atoms with van der Waals surface area (Å²) in [7, 11) is 0. The lowest BCUT2D eigenvalue weighted by Crippen LogP contribution is -2.25. The van der Waals surface area contributed by atoms with Crippen LogP contribution in [0.2, 0.25) is 5.02 Å². The first-order chi connectivity index (χ1) is 10.1. The fourth-order valence-corrected chi connectivity index (χ4v) is 2.55. The van der Waals surface area contributed by atoms with Gasteiger partial charge in [0.2, 0.25) is 0 Å². The van der Waals surface area contributed by atoms with E-state index in [9.17, 15) is 5.11 Å². The molecule has 2 nitrogen and oxygen atoms in total. The molecule has 0 amide bonds. The van der Waals surface area contributed by atoms with Crippen LogP contribution in [0.15, 0.2) is 48.5 Å². The third-order valence-electron chi connectivity index (χ3n) is 3.68. The van der Waals surface area contributed by atoms with E-state index in [4.69, 9.17) is 11.6 Å². The summed E-state index contributed by atoms with van der Waals surface area (Å²) >= 11 is 5.87. The van der Waals surface area contributed by atoms with E-state index < -0.39 is 6.10 Å². The van der Waals surface area contributed by atoms with E-state index in [2.05, 4.69) is 43.0 Å². The van der Waals surface area contributed by atoms with Crippen LogP contribution < -0.4 is 4.90 Å². The molecule has 0 radical (unpaired) electrons. The molecular weight excluding hydrogens is 282 g/mol. The van der Waals surface area contributed by atoms with Gasteiger partial charge in [-0.2, -0.15) is 0 Å². The van der Waals surface area contributed by atoms with Crippen LogP contribution in [0, 0.1) is 6.92 Å². The smallest absolute Gasteiger partial charge is 0.0806 e. The first kappa shape index (κ1) is 15.9. The average molecular weight is 304 g/mol. The minimum atomic E-state index is -0.457. The van der Waals surface area contributed by atoms with E-state index in [1.165, 1.54) is 11.3 Å². The normalized spacial score (nSPS) is 12.2. The van der Waals surface area contributed by atoms with E-state index in [-0.39, 0.29) is 0 Å². The highest BCUT2D eigenvalue weighted by Crippen LogP contribution is 2.22. The van der Waals surface area contributed by atoms with Crippen molar-refractivity contribution in [3.63, 3.8) is 0 Å². The van der Waals surface area contributed by atoms with E-state index in [1.807, 2.05) is 24.3 Å². The van der Waals surface area contributed by atoms with Crippen molar-refractivity contribution in [1.82, 2.24) is 0 Å². The summed E-state index contributed by atoms with van der Waals surface area (Å²) in [6, 6.07) is 15.9. The number of nitrogens with zero attached hydrogens (tertiary/aromatic N) is 1. The Kier molecular flexibility index (Phi) is 5.66. The van der Waals surface area contributed by atoms with Gasteiger partial charge in [-0.1, -0.05) is 35.9 Å². The van der Waals surface area contributed by atoms with Crippen molar-refractivity contribution in [2.75, 3.05) is 18.0 Å². The molecule has 0 aromatic heterocycles. The Morgan fingerprint density at radius 2 is 1.86 bits per heavy atom. The molecule has 2 rings (SSSR count). The minimum absolute atomic E-state index is 0.457. The van der Waals surface area contributed by atoms with Crippen molar-refractivity contribution in [3.8, 4) is 0 Å². The predicted molar refractivity (Wildman–Crippen MR) is 90.1 cm³/mol. The van der Waals surface area contributed by atoms with Crippen LogP contribution in [-0.4, -0.2) is 18.2 Å². The molecule has 0 saturated carbocycles. The second-order valence-corrected chi connectivity index (χ2v) is 5.71. The monoisotopic (exact) mass is 303 g/mol. The van der Waals surface area contributed by atoms with Crippen LogP contribution in [0.4, 0.5) is 5.69 Å². The Balaban J connectivity index is 1.98. The first-order valence-corrected chi connectivity index (χ1v) is 7.73. The molecule has 1 atom stereocenters. The molecule has 0 aliphatic heterocycles. The number of aliphatic hydroxyl groups excluding tert-OH is 1. The lowest BCUT2D eigenvalue weighted by Gasteiger charge is -2.25. The maximum Gasteiger partial charge on any atom is 0.0806 e. The summed E-state index contributed by atoms with van der Waals surface area (Å²) in [6.07, 6.45) is 0.241. The molecule has 0 bridgehead atoms. The zero-order valence-corrected chi connectivity index (χ0v) is 13.3. The fourth-order valence-electron chi connectivity index (χ4n) is 2.42. The number of aliphatic hydroxyl groups is 1. The van der Waals surface area contributed by atoms with Crippen LogP contribution in [0.3, 0.4) is 0 Å². The number of rotatable bonds is 6. The topological polar surface area (TPSA) is 23.5 Å². The summed E-state index contributed by atoms with van der Waals surface area (Å²) in [5.41, 5.74) is 3.38. The van der Waals surface area contributed by atoms with Crippen LogP contribution in [0.1, 0.15) is 30.6 Å². The number of aryl methyl sites for hydroxylation is 1. The molecule has 0 heterocycles. The summed E-state index contributed by atoms with van der Waals surface area (Å²) in [5.74, 6) is 0. The minimum Gasteiger partial charge on any atom is -0.388 e. The van der Waals surface area contributed by atoms with Crippen molar-refractivity contribution < 1.29 is 5.11 Å². The maximum absolute atomic E-state index is 10.3. The van der Waals surface area contributed by atoms with Gasteiger partial charge in [-0.25, -0.2) is 0 Å². The Bertz CT molecular complexity index is 568. The second kappa shape index (κ2) is 7.48. The number of halogens is 1. The van der Waals surface area contributed by atoms with Gasteiger partial charge in [0.1, 0.15) is 0 Å². The highest BCUT2D eigenvalue weighted by molar-refractivity contribution is 6.30. The molecule has 2 aromatic rings. The van der Waals surface area contributed by atoms with Crippen LogP contribution >= 0.6 is 11.6 Å². The number of hydrogen-bond acceptors (Lipinski definition) is 2. The Hall–Kier alpha value is -1.51. The van der Waals surface area contributed by atoms with E-state index in [0.29, 0.717) is 11.4 Å².